The van der Waals surface area contributed by atoms with E-state index in [0.29, 0.717) is 10.8 Å². The molecule has 3 nitrogen and oxygen atoms in total. The Labute approximate surface area is 139 Å². The molecule has 1 heterocycles. The van der Waals surface area contributed by atoms with E-state index in [1.54, 1.807) is 0 Å². The molecule has 1 N–H and O–H groups in total. The average Bonchev–Trinajstić information content (AvgIpc) is 2.48. The molecule has 0 amide bonds. The van der Waals surface area contributed by atoms with E-state index in [1.807, 2.05) is 24.3 Å². The Morgan fingerprint density at radius 3 is 2.67 bits per heavy atom. The van der Waals surface area contributed by atoms with E-state index in [-0.39, 0.29) is 0 Å². The predicted molar refractivity (Wildman–Crippen MR) is 93.0 cm³/mol. The van der Waals surface area contributed by atoms with Crippen LogP contribution >= 0.6 is 27.5 Å². The van der Waals surface area contributed by atoms with Gasteiger partial charge in [-0.2, -0.15) is 0 Å². The molecule has 0 fully saturated rings. The van der Waals surface area contributed by atoms with Gasteiger partial charge in [-0.25, -0.2) is 9.97 Å². The van der Waals surface area contributed by atoms with Crippen molar-refractivity contribution in [2.75, 3.05) is 11.9 Å². The lowest BCUT2D eigenvalue weighted by Gasteiger charge is -2.10. The lowest BCUT2D eigenvalue weighted by molar-refractivity contribution is 0.872. The number of nitrogens with zero attached hydrogens (tertiary/aromatic N) is 2. The van der Waals surface area contributed by atoms with Crippen LogP contribution in [-0.4, -0.2) is 16.5 Å². The highest BCUT2D eigenvalue weighted by Crippen LogP contribution is 2.29. The van der Waals surface area contributed by atoms with E-state index in [1.165, 1.54) is 0 Å². The first-order valence-electron chi connectivity index (χ1n) is 7.21. The zero-order valence-corrected chi connectivity index (χ0v) is 14.6. The Kier molecular flexibility index (Phi) is 6.00. The zero-order chi connectivity index (χ0) is 15.2. The Hall–Kier alpha value is -1.13. The van der Waals surface area contributed by atoms with Gasteiger partial charge in [0.15, 0.2) is 5.82 Å². The van der Waals surface area contributed by atoms with E-state index in [0.717, 1.165) is 47.4 Å². The summed E-state index contributed by atoms with van der Waals surface area (Å²) in [7, 11) is 0. The van der Waals surface area contributed by atoms with Crippen molar-refractivity contribution in [1.29, 1.82) is 0 Å². The van der Waals surface area contributed by atoms with Crippen molar-refractivity contribution in [3.05, 3.63) is 39.5 Å². The molecule has 21 heavy (non-hydrogen) atoms. The fourth-order valence-electron chi connectivity index (χ4n) is 2.01. The smallest absolute Gasteiger partial charge is 0.162 e. The van der Waals surface area contributed by atoms with Crippen LogP contribution in [0.25, 0.3) is 11.4 Å². The van der Waals surface area contributed by atoms with Gasteiger partial charge in [0.1, 0.15) is 5.82 Å². The summed E-state index contributed by atoms with van der Waals surface area (Å²) in [5.74, 6) is 1.58. The number of hydrogen-bond donors (Lipinski definition) is 1. The lowest BCUT2D eigenvalue weighted by Crippen LogP contribution is -2.05. The summed E-state index contributed by atoms with van der Waals surface area (Å²) < 4.78 is 0.946. The highest BCUT2D eigenvalue weighted by Gasteiger charge is 2.10. The number of hydrogen-bond acceptors (Lipinski definition) is 3. The van der Waals surface area contributed by atoms with Gasteiger partial charge in [0.25, 0.3) is 0 Å². The molecule has 0 saturated heterocycles. The molecule has 0 aliphatic heterocycles. The summed E-state index contributed by atoms with van der Waals surface area (Å²) in [5.41, 5.74) is 1.97. The van der Waals surface area contributed by atoms with E-state index in [9.17, 15) is 0 Å². The maximum atomic E-state index is 6.10. The van der Waals surface area contributed by atoms with Gasteiger partial charge in [-0.3, -0.25) is 0 Å². The molecule has 2 rings (SSSR count). The van der Waals surface area contributed by atoms with E-state index in [4.69, 9.17) is 11.6 Å². The molecule has 0 radical (unpaired) electrons. The highest BCUT2D eigenvalue weighted by molar-refractivity contribution is 9.10. The third-order valence-corrected chi connectivity index (χ3v) is 3.94. The fraction of sp³-hybridized carbons (Fsp3) is 0.375. The van der Waals surface area contributed by atoms with Gasteiger partial charge in [0.2, 0.25) is 0 Å². The minimum Gasteiger partial charge on any atom is -0.370 e. The van der Waals surface area contributed by atoms with E-state index < -0.39 is 0 Å². The molecule has 0 spiro atoms. The molecule has 1 aromatic heterocycles. The van der Waals surface area contributed by atoms with Crippen LogP contribution < -0.4 is 5.32 Å². The number of nitrogens with one attached hydrogen (secondary N) is 1. The minimum absolute atomic E-state index is 0.681. The molecule has 5 heteroatoms. The van der Waals surface area contributed by atoms with Gasteiger partial charge in [0, 0.05) is 33.4 Å². The lowest BCUT2D eigenvalue weighted by atomic mass is 10.2. The van der Waals surface area contributed by atoms with Crippen molar-refractivity contribution < 1.29 is 0 Å². The number of benzene rings is 1. The molecule has 0 saturated carbocycles. The van der Waals surface area contributed by atoms with Crippen LogP contribution in [-0.2, 0) is 6.42 Å². The normalized spacial score (nSPS) is 10.7. The van der Waals surface area contributed by atoms with Crippen molar-refractivity contribution in [3.8, 4) is 11.4 Å². The molecule has 2 aromatic rings. The van der Waals surface area contributed by atoms with Gasteiger partial charge in [-0.05, 0) is 31.0 Å². The molecule has 0 atom stereocenters. The van der Waals surface area contributed by atoms with Gasteiger partial charge in [0.05, 0.1) is 0 Å². The second-order valence-electron chi connectivity index (χ2n) is 4.87. The quantitative estimate of drug-likeness (QED) is 0.748. The maximum absolute atomic E-state index is 6.10. The molecule has 0 aliphatic rings. The first kappa shape index (κ1) is 16.2. The summed E-state index contributed by atoms with van der Waals surface area (Å²) in [5, 5.41) is 4.02. The Morgan fingerprint density at radius 2 is 1.95 bits per heavy atom. The zero-order valence-electron chi connectivity index (χ0n) is 12.3. The number of rotatable bonds is 6. The third-order valence-electron chi connectivity index (χ3n) is 3.01. The van der Waals surface area contributed by atoms with Gasteiger partial charge in [-0.1, -0.05) is 47.8 Å². The monoisotopic (exact) mass is 367 g/mol. The van der Waals surface area contributed by atoms with Crippen molar-refractivity contribution >= 4 is 33.3 Å². The molecular weight excluding hydrogens is 350 g/mol. The van der Waals surface area contributed by atoms with Crippen molar-refractivity contribution in [2.45, 2.75) is 33.1 Å². The Morgan fingerprint density at radius 1 is 1.14 bits per heavy atom. The van der Waals surface area contributed by atoms with Crippen LogP contribution in [0.3, 0.4) is 0 Å². The van der Waals surface area contributed by atoms with Crippen molar-refractivity contribution in [2.24, 2.45) is 0 Å². The topological polar surface area (TPSA) is 37.8 Å². The Bertz CT molecular complexity index is 616. The second-order valence-corrected chi connectivity index (χ2v) is 6.16. The highest BCUT2D eigenvalue weighted by atomic mass is 79.9. The molecule has 0 aliphatic carbocycles. The summed E-state index contributed by atoms with van der Waals surface area (Å²) in [4.78, 5) is 9.28. The van der Waals surface area contributed by atoms with Gasteiger partial charge in [-0.15, -0.1) is 0 Å². The Balaban J connectivity index is 2.45. The SMILES string of the molecule is CCCNc1cc(CCC)nc(-c2cc(Cl)ccc2Br)n1. The molecule has 0 unspecified atom stereocenters. The molecule has 0 bridgehead atoms. The van der Waals surface area contributed by atoms with Gasteiger partial charge >= 0.3 is 0 Å². The predicted octanol–water partition coefficient (Wildman–Crippen LogP) is 5.33. The van der Waals surface area contributed by atoms with Crippen LogP contribution in [0, 0.1) is 0 Å². The number of halogens is 2. The fourth-order valence-corrected chi connectivity index (χ4v) is 2.61. The van der Waals surface area contributed by atoms with Crippen LogP contribution in [0.2, 0.25) is 5.02 Å². The van der Waals surface area contributed by atoms with Crippen LogP contribution in [0.4, 0.5) is 5.82 Å². The first-order valence-corrected chi connectivity index (χ1v) is 8.38. The number of anilines is 1. The second kappa shape index (κ2) is 7.76. The van der Waals surface area contributed by atoms with Crippen LogP contribution in [0.5, 0.6) is 0 Å². The standard InChI is InChI=1S/C16H19BrClN3/c1-3-5-12-10-15(19-8-4-2)21-16(20-12)13-9-11(18)6-7-14(13)17/h6-7,9-10H,3-5,8H2,1-2H3,(H,19,20,21). The largest absolute Gasteiger partial charge is 0.370 e. The summed E-state index contributed by atoms with van der Waals surface area (Å²) in [6.45, 7) is 5.19. The molecule has 1 aromatic carbocycles. The van der Waals surface area contributed by atoms with Crippen LogP contribution in [0.15, 0.2) is 28.7 Å². The minimum atomic E-state index is 0.681. The van der Waals surface area contributed by atoms with Gasteiger partial charge < -0.3 is 5.32 Å². The van der Waals surface area contributed by atoms with Crippen LogP contribution in [0.1, 0.15) is 32.4 Å². The first-order chi connectivity index (χ1) is 10.1. The third kappa shape index (κ3) is 4.42. The number of aromatic nitrogens is 2. The van der Waals surface area contributed by atoms with E-state index >= 15 is 0 Å². The maximum Gasteiger partial charge on any atom is 0.162 e. The van der Waals surface area contributed by atoms with Crippen molar-refractivity contribution in [3.63, 3.8) is 0 Å². The van der Waals surface area contributed by atoms with E-state index in [2.05, 4.69) is 45.1 Å². The summed E-state index contributed by atoms with van der Waals surface area (Å²) in [6, 6.07) is 7.69. The molecule has 112 valence electrons. The number of aryl methyl sites for hydroxylation is 1. The summed E-state index contributed by atoms with van der Waals surface area (Å²) >= 11 is 9.65. The average molecular weight is 369 g/mol. The summed E-state index contributed by atoms with van der Waals surface area (Å²) in [6.07, 6.45) is 3.05. The van der Waals surface area contributed by atoms with Crippen molar-refractivity contribution in [1.82, 2.24) is 9.97 Å². The molecular formula is C16H19BrClN3.